The molecule has 0 radical (unpaired) electrons. The summed E-state index contributed by atoms with van der Waals surface area (Å²) in [6.07, 6.45) is 8.20. The van der Waals surface area contributed by atoms with Crippen LogP contribution in [-0.4, -0.2) is 47.4 Å². The van der Waals surface area contributed by atoms with Crippen molar-refractivity contribution in [2.45, 2.75) is 35.6 Å². The molecule has 0 N–H and O–H groups in total. The molecule has 0 bridgehead atoms. The van der Waals surface area contributed by atoms with Crippen molar-refractivity contribution in [3.63, 3.8) is 0 Å². The molecule has 8 heteroatoms. The van der Waals surface area contributed by atoms with Crippen LogP contribution in [0.1, 0.15) is 24.6 Å². The van der Waals surface area contributed by atoms with Gasteiger partial charge in [0.1, 0.15) is 11.2 Å². The maximum absolute atomic E-state index is 12.3. The number of nitrogens with zero attached hydrogens (tertiary/aromatic N) is 5. The number of ether oxygens (including phenoxy) is 1. The molecule has 1 fully saturated rings. The quantitative estimate of drug-likeness (QED) is 0.380. The molecule has 150 valence electrons. The molecule has 1 aromatic heterocycles. The van der Waals surface area contributed by atoms with Gasteiger partial charge in [-0.05, 0) is 37.9 Å². The number of rotatable bonds is 8. The third-order valence-corrected chi connectivity index (χ3v) is 6.22. The summed E-state index contributed by atoms with van der Waals surface area (Å²) in [5.41, 5.74) is 2.00. The number of hydrogen-bond acceptors (Lipinski definition) is 7. The summed E-state index contributed by atoms with van der Waals surface area (Å²) in [4.78, 5) is 17.4. The van der Waals surface area contributed by atoms with E-state index in [0.29, 0.717) is 24.1 Å². The van der Waals surface area contributed by atoms with Crippen LogP contribution in [0.25, 0.3) is 6.08 Å². The van der Waals surface area contributed by atoms with Crippen molar-refractivity contribution in [3.8, 4) is 0 Å². The molecular weight excluding hydrogens is 386 g/mol. The monoisotopic (exact) mass is 409 g/mol. The SMILES string of the molecule is C=Nc1ccc(SCc2nn(C34C=NN(C)C3C4)ccc2=O)cc1/C=C/OCC. The van der Waals surface area contributed by atoms with E-state index < -0.39 is 0 Å². The number of fused-ring (bicyclic) bond motifs is 1. The molecule has 1 saturated carbocycles. The predicted octanol–water partition coefficient (Wildman–Crippen LogP) is 3.27. The highest BCUT2D eigenvalue weighted by atomic mass is 32.2. The highest BCUT2D eigenvalue weighted by Crippen LogP contribution is 2.48. The van der Waals surface area contributed by atoms with Crippen LogP contribution in [0.15, 0.2) is 56.5 Å². The highest BCUT2D eigenvalue weighted by Gasteiger charge is 2.61. The average molecular weight is 410 g/mol. The van der Waals surface area contributed by atoms with E-state index >= 15 is 0 Å². The van der Waals surface area contributed by atoms with Crippen LogP contribution in [0.4, 0.5) is 5.69 Å². The normalized spacial score (nSPS) is 22.1. The van der Waals surface area contributed by atoms with Crippen molar-refractivity contribution in [1.29, 1.82) is 0 Å². The maximum Gasteiger partial charge on any atom is 0.204 e. The molecule has 2 heterocycles. The number of benzene rings is 1. The summed E-state index contributed by atoms with van der Waals surface area (Å²) in [6.45, 7) is 6.16. The van der Waals surface area contributed by atoms with E-state index in [0.717, 1.165) is 22.6 Å². The van der Waals surface area contributed by atoms with Gasteiger partial charge in [-0.3, -0.25) is 19.5 Å². The molecule has 29 heavy (non-hydrogen) atoms. The Morgan fingerprint density at radius 3 is 3.00 bits per heavy atom. The van der Waals surface area contributed by atoms with E-state index in [2.05, 4.69) is 21.9 Å². The van der Waals surface area contributed by atoms with E-state index in [1.807, 2.05) is 54.2 Å². The number of thioether (sulfide) groups is 1. The Balaban J connectivity index is 1.52. The van der Waals surface area contributed by atoms with Crippen LogP contribution in [0.3, 0.4) is 0 Å². The van der Waals surface area contributed by atoms with Crippen molar-refractivity contribution in [2.24, 2.45) is 10.1 Å². The summed E-state index contributed by atoms with van der Waals surface area (Å²) >= 11 is 1.57. The number of aliphatic imine (C=N–C) groups is 1. The molecule has 2 unspecified atom stereocenters. The largest absolute Gasteiger partial charge is 0.501 e. The first kappa shape index (κ1) is 19.4. The molecule has 1 aliphatic heterocycles. The minimum Gasteiger partial charge on any atom is -0.501 e. The Bertz CT molecular complexity index is 1050. The van der Waals surface area contributed by atoms with Crippen LogP contribution >= 0.6 is 11.8 Å². The maximum atomic E-state index is 12.3. The standard InChI is InChI=1S/C21H23N5O2S/c1-4-28-10-8-15-11-16(5-6-17(15)22-2)29-13-18-19(27)7-9-26(24-18)21-12-20(21)25(3)23-14-21/h5-11,14,20H,2,4,12-13H2,1,3H3/b10-8+. The molecule has 1 aliphatic carbocycles. The van der Waals surface area contributed by atoms with Gasteiger partial charge in [-0.25, -0.2) is 0 Å². The lowest BCUT2D eigenvalue weighted by Crippen LogP contribution is -2.28. The molecule has 0 amide bonds. The van der Waals surface area contributed by atoms with Crippen molar-refractivity contribution in [2.75, 3.05) is 13.7 Å². The summed E-state index contributed by atoms with van der Waals surface area (Å²) < 4.78 is 7.18. The average Bonchev–Trinajstić information content (AvgIpc) is 3.39. The van der Waals surface area contributed by atoms with E-state index in [9.17, 15) is 4.79 Å². The van der Waals surface area contributed by atoms with Gasteiger partial charge >= 0.3 is 0 Å². The second kappa shape index (κ2) is 7.87. The molecule has 2 aliphatic rings. The zero-order valence-electron chi connectivity index (χ0n) is 16.5. The number of hydrogen-bond donors (Lipinski definition) is 0. The first-order valence-electron chi connectivity index (χ1n) is 9.46. The van der Waals surface area contributed by atoms with Crippen molar-refractivity contribution in [3.05, 3.63) is 58.2 Å². The predicted molar refractivity (Wildman–Crippen MR) is 117 cm³/mol. The summed E-state index contributed by atoms with van der Waals surface area (Å²) in [6, 6.07) is 7.83. The zero-order valence-corrected chi connectivity index (χ0v) is 17.3. The Labute approximate surface area is 173 Å². The van der Waals surface area contributed by atoms with Gasteiger partial charge in [-0.15, -0.1) is 11.8 Å². The highest BCUT2D eigenvalue weighted by molar-refractivity contribution is 7.98. The van der Waals surface area contributed by atoms with Crippen LogP contribution in [0.2, 0.25) is 0 Å². The summed E-state index contributed by atoms with van der Waals surface area (Å²) in [5, 5.41) is 10.9. The van der Waals surface area contributed by atoms with Crippen molar-refractivity contribution in [1.82, 2.24) is 14.8 Å². The van der Waals surface area contributed by atoms with Gasteiger partial charge < -0.3 is 4.74 Å². The Morgan fingerprint density at radius 1 is 1.45 bits per heavy atom. The van der Waals surface area contributed by atoms with E-state index in [1.54, 1.807) is 30.3 Å². The molecule has 2 aromatic rings. The van der Waals surface area contributed by atoms with Crippen molar-refractivity contribution >= 4 is 36.5 Å². The van der Waals surface area contributed by atoms with Gasteiger partial charge in [-0.1, -0.05) is 0 Å². The van der Waals surface area contributed by atoms with E-state index in [-0.39, 0.29) is 11.0 Å². The van der Waals surface area contributed by atoms with Crippen LogP contribution in [0, 0.1) is 0 Å². The number of likely N-dealkylation sites (N-methyl/N-ethyl adjacent to an activating group) is 1. The Kier molecular flexibility index (Phi) is 5.27. The van der Waals surface area contributed by atoms with E-state index in [1.165, 1.54) is 0 Å². The number of aromatic nitrogens is 2. The summed E-state index contributed by atoms with van der Waals surface area (Å²) in [7, 11) is 1.97. The third kappa shape index (κ3) is 3.72. The van der Waals surface area contributed by atoms with Gasteiger partial charge in [0.15, 0.2) is 0 Å². The Morgan fingerprint density at radius 2 is 2.31 bits per heavy atom. The molecule has 2 atom stereocenters. The van der Waals surface area contributed by atoms with Gasteiger partial charge in [-0.2, -0.15) is 10.2 Å². The molecule has 1 aromatic carbocycles. The first-order chi connectivity index (χ1) is 14.1. The van der Waals surface area contributed by atoms with Crippen LogP contribution in [-0.2, 0) is 16.0 Å². The van der Waals surface area contributed by atoms with Crippen LogP contribution < -0.4 is 5.43 Å². The zero-order chi connectivity index (χ0) is 20.4. The molecule has 0 spiro atoms. The molecule has 7 nitrogen and oxygen atoms in total. The number of hydrazone groups is 1. The fourth-order valence-corrected chi connectivity index (χ4v) is 4.35. The molecule has 0 saturated heterocycles. The second-order valence-electron chi connectivity index (χ2n) is 7.03. The lowest BCUT2D eigenvalue weighted by Gasteiger charge is -2.13. The fourth-order valence-electron chi connectivity index (χ4n) is 3.47. The summed E-state index contributed by atoms with van der Waals surface area (Å²) in [5.74, 6) is 0.489. The molecule has 4 rings (SSSR count). The second-order valence-corrected chi connectivity index (χ2v) is 8.07. The smallest absolute Gasteiger partial charge is 0.204 e. The van der Waals surface area contributed by atoms with E-state index in [4.69, 9.17) is 4.74 Å². The lowest BCUT2D eigenvalue weighted by atomic mass is 10.2. The first-order valence-corrected chi connectivity index (χ1v) is 10.4. The van der Waals surface area contributed by atoms with Crippen molar-refractivity contribution < 1.29 is 4.74 Å². The lowest BCUT2D eigenvalue weighted by molar-refractivity contribution is 0.272. The minimum atomic E-state index is -0.198. The van der Waals surface area contributed by atoms with Gasteiger partial charge in [0.2, 0.25) is 5.43 Å². The minimum absolute atomic E-state index is 0.0496. The van der Waals surface area contributed by atoms with Crippen LogP contribution in [0.5, 0.6) is 0 Å². The van der Waals surface area contributed by atoms with Gasteiger partial charge in [0.05, 0.1) is 30.8 Å². The molecular formula is C21H23N5O2S. The van der Waals surface area contributed by atoms with Gasteiger partial charge in [0, 0.05) is 41.9 Å². The third-order valence-electron chi connectivity index (χ3n) is 5.21. The fraction of sp³-hybridized carbons (Fsp3) is 0.333. The topological polar surface area (TPSA) is 72.1 Å². The van der Waals surface area contributed by atoms with Gasteiger partial charge in [0.25, 0.3) is 0 Å². The Hall–Kier alpha value is -2.87.